The van der Waals surface area contributed by atoms with Crippen LogP contribution in [0.2, 0.25) is 39.3 Å². The molecule has 0 fully saturated rings. The molecule has 0 saturated carbocycles. The Kier molecular flexibility index (Phi) is 5.46. The third-order valence-electron chi connectivity index (χ3n) is 3.94. The quantitative estimate of drug-likeness (QED) is 0.655. The summed E-state index contributed by atoms with van der Waals surface area (Å²) >= 11 is 0. The molecule has 1 aliphatic heterocycles. The molecule has 140 valence electrons. The van der Waals surface area contributed by atoms with Gasteiger partial charge in [0.25, 0.3) is 5.97 Å². The minimum Gasteiger partial charge on any atom is -0.521 e. The van der Waals surface area contributed by atoms with Crippen molar-refractivity contribution in [3.8, 4) is 0 Å². The average molecular weight is 389 g/mol. The highest BCUT2D eigenvalue weighted by molar-refractivity contribution is 7.02. The predicted molar refractivity (Wildman–Crippen MR) is 108 cm³/mol. The van der Waals surface area contributed by atoms with E-state index < -0.39 is 30.8 Å². The third-order valence-corrected chi connectivity index (χ3v) is 19.1. The first kappa shape index (κ1) is 21.6. The van der Waals surface area contributed by atoms with Gasteiger partial charge in [-0.15, -0.1) is 0 Å². The monoisotopic (exact) mass is 388 g/mol. The van der Waals surface area contributed by atoms with E-state index in [1.807, 2.05) is 20.8 Å². The van der Waals surface area contributed by atoms with E-state index in [9.17, 15) is 4.79 Å². The number of rotatable bonds is 2. The topological polar surface area (TPSA) is 51.1 Å². The lowest BCUT2D eigenvalue weighted by atomic mass is 9.97. The Morgan fingerprint density at radius 3 is 1.88 bits per heavy atom. The number of hydrogen-bond acceptors (Lipinski definition) is 5. The molecule has 8 heteroatoms. The summed E-state index contributed by atoms with van der Waals surface area (Å²) in [5.41, 5.74) is -0.605. The number of carbonyl (C=O) groups is 1. The molecule has 1 rings (SSSR count). The van der Waals surface area contributed by atoms with Crippen molar-refractivity contribution in [3.05, 3.63) is 0 Å². The van der Waals surface area contributed by atoms with Crippen LogP contribution in [0.25, 0.3) is 0 Å². The second kappa shape index (κ2) is 6.07. The fraction of sp³-hybridized carbons (Fsp3) is 0.875. The van der Waals surface area contributed by atoms with Crippen molar-refractivity contribution in [2.24, 2.45) is 15.5 Å². The van der Waals surface area contributed by atoms with Crippen molar-refractivity contribution in [1.29, 1.82) is 0 Å². The summed E-state index contributed by atoms with van der Waals surface area (Å²) in [5.74, 6) is 0.721. The van der Waals surface area contributed by atoms with E-state index >= 15 is 0 Å². The smallest absolute Gasteiger partial charge is 0.319 e. The molecule has 0 atom stereocenters. The van der Waals surface area contributed by atoms with Crippen molar-refractivity contribution in [1.82, 2.24) is 3.90 Å². The first-order chi connectivity index (χ1) is 10.3. The van der Waals surface area contributed by atoms with Gasteiger partial charge in [0.15, 0.2) is 5.90 Å². The average Bonchev–Trinajstić information content (AvgIpc) is 2.20. The zero-order valence-corrected chi connectivity index (χ0v) is 20.6. The fourth-order valence-corrected chi connectivity index (χ4v) is 22.7. The van der Waals surface area contributed by atoms with E-state index in [-0.39, 0.29) is 11.4 Å². The SMILES string of the molecule is CC(C)(C)C(=O)O[Si](C)(C)N1[Si](C)(C)N=C(C(C)(C)C)O[Si]1(C)C. The Hall–Kier alpha value is -0.449. The van der Waals surface area contributed by atoms with Gasteiger partial charge in [0.2, 0.25) is 8.40 Å². The maximum Gasteiger partial charge on any atom is 0.319 e. The molecule has 0 aliphatic carbocycles. The summed E-state index contributed by atoms with van der Waals surface area (Å²) in [6, 6.07) is 0. The molecule has 24 heavy (non-hydrogen) atoms. The van der Waals surface area contributed by atoms with Gasteiger partial charge in [0.05, 0.1) is 5.41 Å². The molecule has 0 radical (unpaired) electrons. The molecular formula is C16H36N2O3Si3. The predicted octanol–water partition coefficient (Wildman–Crippen LogP) is 4.46. The van der Waals surface area contributed by atoms with Gasteiger partial charge in [-0.1, -0.05) is 20.8 Å². The van der Waals surface area contributed by atoms with E-state index in [1.54, 1.807) is 0 Å². The highest BCUT2D eigenvalue weighted by atomic mass is 28.5. The largest absolute Gasteiger partial charge is 0.521 e. The van der Waals surface area contributed by atoms with Gasteiger partial charge in [-0.2, -0.15) is 0 Å². The van der Waals surface area contributed by atoms with Gasteiger partial charge in [0, 0.05) is 5.41 Å². The van der Waals surface area contributed by atoms with Crippen LogP contribution in [-0.4, -0.2) is 41.1 Å². The van der Waals surface area contributed by atoms with Crippen molar-refractivity contribution in [3.63, 3.8) is 0 Å². The second-order valence-corrected chi connectivity index (χ2v) is 22.2. The normalized spacial score (nSPS) is 21.8. The zero-order valence-electron chi connectivity index (χ0n) is 17.6. The van der Waals surface area contributed by atoms with Crippen LogP contribution in [0.3, 0.4) is 0 Å². The molecule has 0 N–H and O–H groups in total. The number of nitrogens with zero attached hydrogens (tertiary/aromatic N) is 2. The maximum atomic E-state index is 12.5. The van der Waals surface area contributed by atoms with Gasteiger partial charge in [0.1, 0.15) is 0 Å². The molecule has 0 amide bonds. The molecule has 0 aromatic rings. The molecule has 1 heterocycles. The van der Waals surface area contributed by atoms with Crippen molar-refractivity contribution < 1.29 is 13.6 Å². The fourth-order valence-electron chi connectivity index (χ4n) is 3.32. The second-order valence-electron chi connectivity index (χ2n) is 10.1. The van der Waals surface area contributed by atoms with Crippen LogP contribution < -0.4 is 0 Å². The van der Waals surface area contributed by atoms with E-state index in [0.29, 0.717) is 0 Å². The van der Waals surface area contributed by atoms with E-state index in [0.717, 1.165) is 5.90 Å². The van der Waals surface area contributed by atoms with E-state index in [4.69, 9.17) is 13.5 Å². The summed E-state index contributed by atoms with van der Waals surface area (Å²) in [6.07, 6.45) is 0. The lowest BCUT2D eigenvalue weighted by molar-refractivity contribution is -0.144. The lowest BCUT2D eigenvalue weighted by Gasteiger charge is -2.54. The first-order valence-electron chi connectivity index (χ1n) is 8.64. The number of carbonyl (C=O) groups excluding carboxylic acids is 1. The minimum atomic E-state index is -2.46. The van der Waals surface area contributed by atoms with Crippen LogP contribution in [0.4, 0.5) is 0 Å². The molecule has 0 spiro atoms. The van der Waals surface area contributed by atoms with E-state index in [1.165, 1.54) is 0 Å². The Balaban J connectivity index is 3.31. The van der Waals surface area contributed by atoms with Gasteiger partial charge in [-0.05, 0) is 60.1 Å². The van der Waals surface area contributed by atoms with Crippen LogP contribution in [0.1, 0.15) is 41.5 Å². The molecule has 0 saturated heterocycles. The summed E-state index contributed by atoms with van der Waals surface area (Å²) in [4.78, 5) is 12.5. The standard InChI is InChI=1S/C16H36N2O3Si3/c1-15(2,3)13-17-22(7,8)18(23(9,10)20-13)24(11,12)21-14(19)16(4,5)6/h1-12H3. The number of hydrogen-bond donors (Lipinski definition) is 0. The van der Waals surface area contributed by atoms with Crippen LogP contribution >= 0.6 is 0 Å². The first-order valence-corrected chi connectivity index (χ1v) is 17.2. The Morgan fingerprint density at radius 2 is 1.54 bits per heavy atom. The third kappa shape index (κ3) is 4.59. The molecule has 1 aliphatic rings. The Labute approximate surface area is 151 Å². The molecule has 0 unspecified atom stereocenters. The highest BCUT2D eigenvalue weighted by Gasteiger charge is 2.58. The van der Waals surface area contributed by atoms with Crippen LogP contribution in [0, 0.1) is 10.8 Å². The maximum absolute atomic E-state index is 12.5. The van der Waals surface area contributed by atoms with Crippen LogP contribution in [0.15, 0.2) is 4.66 Å². The van der Waals surface area contributed by atoms with Gasteiger partial charge in [-0.3, -0.25) is 13.3 Å². The Bertz CT molecular complexity index is 544. The van der Waals surface area contributed by atoms with Gasteiger partial charge in [-0.25, -0.2) is 0 Å². The van der Waals surface area contributed by atoms with Crippen LogP contribution in [0.5, 0.6) is 0 Å². The van der Waals surface area contributed by atoms with Crippen LogP contribution in [-0.2, 0) is 13.6 Å². The van der Waals surface area contributed by atoms with Crippen molar-refractivity contribution >= 4 is 37.2 Å². The molecule has 0 aromatic carbocycles. The highest BCUT2D eigenvalue weighted by Crippen LogP contribution is 2.37. The van der Waals surface area contributed by atoms with Gasteiger partial charge < -0.3 is 8.85 Å². The lowest BCUT2D eigenvalue weighted by Crippen LogP contribution is -2.76. The van der Waals surface area contributed by atoms with Crippen molar-refractivity contribution in [2.45, 2.75) is 80.8 Å². The molecule has 0 bridgehead atoms. The van der Waals surface area contributed by atoms with Crippen molar-refractivity contribution in [2.75, 3.05) is 0 Å². The summed E-state index contributed by atoms with van der Waals surface area (Å²) < 4.78 is 20.0. The van der Waals surface area contributed by atoms with E-state index in [2.05, 4.69) is 63.9 Å². The molecule has 5 nitrogen and oxygen atoms in total. The molecular weight excluding hydrogens is 352 g/mol. The zero-order chi connectivity index (χ0) is 19.4. The summed E-state index contributed by atoms with van der Waals surface area (Å²) in [6.45, 7) is 25.2. The Morgan fingerprint density at radius 1 is 1.08 bits per heavy atom. The minimum absolute atomic E-state index is 0.103. The summed E-state index contributed by atoms with van der Waals surface area (Å²) in [5, 5.41) is 0. The van der Waals surface area contributed by atoms with Gasteiger partial charge >= 0.3 is 17.0 Å². The summed E-state index contributed by atoms with van der Waals surface area (Å²) in [7, 11) is -6.85. The molecule has 0 aromatic heterocycles.